The van der Waals surface area contributed by atoms with Crippen molar-refractivity contribution in [2.75, 3.05) is 0 Å². The van der Waals surface area contributed by atoms with Gasteiger partial charge in [0.1, 0.15) is 12.4 Å². The van der Waals surface area contributed by atoms with Crippen molar-refractivity contribution in [1.82, 2.24) is 15.1 Å². The molecule has 0 bridgehead atoms. The summed E-state index contributed by atoms with van der Waals surface area (Å²) in [7, 11) is 0. The van der Waals surface area contributed by atoms with E-state index in [9.17, 15) is 22.4 Å². The fourth-order valence-corrected chi connectivity index (χ4v) is 2.34. The Morgan fingerprint density at radius 2 is 1.93 bits per heavy atom. The molecule has 3 aromatic rings. The van der Waals surface area contributed by atoms with Gasteiger partial charge in [0.25, 0.3) is 5.91 Å². The number of aryl methyl sites for hydroxylation is 1. The largest absolute Gasteiger partial charge is 0.479 e. The Kier molecular flexibility index (Phi) is 5.67. The van der Waals surface area contributed by atoms with Crippen LogP contribution in [0, 0.1) is 23.3 Å². The summed E-state index contributed by atoms with van der Waals surface area (Å²) in [5.41, 5.74) is 0.796. The number of carbonyl (C=O) groups excluding carboxylic acids is 1. The summed E-state index contributed by atoms with van der Waals surface area (Å²) in [6.07, 6.45) is 3.40. The molecule has 2 heterocycles. The first kappa shape index (κ1) is 19.5. The summed E-state index contributed by atoms with van der Waals surface area (Å²) in [4.78, 5) is 12.1. The van der Waals surface area contributed by atoms with Crippen molar-refractivity contribution in [2.24, 2.45) is 0 Å². The smallest absolute Gasteiger partial charge is 0.287 e. The molecule has 0 saturated carbocycles. The van der Waals surface area contributed by atoms with E-state index in [0.717, 1.165) is 5.56 Å². The third-order valence-electron chi connectivity index (χ3n) is 3.78. The van der Waals surface area contributed by atoms with Gasteiger partial charge in [0.15, 0.2) is 23.1 Å². The minimum atomic E-state index is -1.66. The highest BCUT2D eigenvalue weighted by Gasteiger charge is 2.21. The maximum atomic E-state index is 13.6. The number of benzene rings is 1. The van der Waals surface area contributed by atoms with Crippen molar-refractivity contribution in [1.29, 1.82) is 0 Å². The van der Waals surface area contributed by atoms with Crippen molar-refractivity contribution in [2.45, 2.75) is 26.6 Å². The maximum absolute atomic E-state index is 13.6. The Labute approximate surface area is 156 Å². The number of aromatic nitrogens is 2. The van der Waals surface area contributed by atoms with Gasteiger partial charge in [0.05, 0.1) is 6.20 Å². The van der Waals surface area contributed by atoms with Crippen molar-refractivity contribution in [3.8, 4) is 5.75 Å². The van der Waals surface area contributed by atoms with E-state index in [4.69, 9.17) is 9.15 Å². The van der Waals surface area contributed by atoms with Crippen LogP contribution in [0.15, 0.2) is 35.0 Å². The maximum Gasteiger partial charge on any atom is 0.287 e. The minimum absolute atomic E-state index is 0.0346. The molecule has 148 valence electrons. The van der Waals surface area contributed by atoms with Crippen molar-refractivity contribution >= 4 is 5.91 Å². The van der Waals surface area contributed by atoms with Crippen molar-refractivity contribution < 1.29 is 31.5 Å². The second-order valence-corrected chi connectivity index (χ2v) is 5.74. The normalized spacial score (nSPS) is 10.9. The lowest BCUT2D eigenvalue weighted by Gasteiger charge is -2.08. The minimum Gasteiger partial charge on any atom is -0.479 e. The molecule has 1 aromatic carbocycles. The molecule has 0 unspecified atom stereocenters. The third-order valence-corrected chi connectivity index (χ3v) is 3.78. The first-order valence-corrected chi connectivity index (χ1v) is 8.23. The van der Waals surface area contributed by atoms with E-state index in [1.54, 1.807) is 17.1 Å². The summed E-state index contributed by atoms with van der Waals surface area (Å²) in [5.74, 6) is -8.23. The number of halogens is 4. The van der Waals surface area contributed by atoms with Crippen LogP contribution in [0.1, 0.15) is 28.8 Å². The molecule has 1 N–H and O–H groups in total. The molecule has 0 aliphatic carbocycles. The number of rotatable bonds is 7. The average Bonchev–Trinajstić information content (AvgIpc) is 3.34. The van der Waals surface area contributed by atoms with Crippen molar-refractivity contribution in [3.63, 3.8) is 0 Å². The molecule has 0 saturated heterocycles. The van der Waals surface area contributed by atoms with E-state index in [2.05, 4.69) is 10.4 Å². The van der Waals surface area contributed by atoms with Crippen LogP contribution in [0.3, 0.4) is 0 Å². The van der Waals surface area contributed by atoms with Gasteiger partial charge in [-0.05, 0) is 19.1 Å². The highest BCUT2D eigenvalue weighted by Crippen LogP contribution is 2.27. The standard InChI is InChI=1S/C18H15F4N3O3/c1-2-25-8-10(7-24-25)6-23-18(26)14-4-3-11(28-14)9-27-17-15(21)12(19)5-13(20)16(17)22/h3-5,7-8H,2,6,9H2,1H3,(H,23,26). The van der Waals surface area contributed by atoms with Crippen LogP contribution in [-0.2, 0) is 19.7 Å². The highest BCUT2D eigenvalue weighted by atomic mass is 19.2. The Morgan fingerprint density at radius 3 is 2.57 bits per heavy atom. The molecule has 1 amide bonds. The van der Waals surface area contributed by atoms with Gasteiger partial charge in [-0.3, -0.25) is 9.48 Å². The molecule has 28 heavy (non-hydrogen) atoms. The number of nitrogens with one attached hydrogen (secondary N) is 1. The predicted octanol–water partition coefficient (Wildman–Crippen LogP) is 3.56. The Hall–Kier alpha value is -3.30. The monoisotopic (exact) mass is 397 g/mol. The first-order chi connectivity index (χ1) is 13.4. The quantitative estimate of drug-likeness (QED) is 0.489. The fraction of sp³-hybridized carbons (Fsp3) is 0.222. The number of carbonyl (C=O) groups is 1. The van der Waals surface area contributed by atoms with Crippen molar-refractivity contribution in [3.05, 3.63) is 70.9 Å². The van der Waals surface area contributed by atoms with Crippen LogP contribution < -0.4 is 10.1 Å². The second kappa shape index (κ2) is 8.15. The number of furan rings is 1. The molecule has 0 fully saturated rings. The summed E-state index contributed by atoms with van der Waals surface area (Å²) >= 11 is 0. The van der Waals surface area contributed by atoms with Gasteiger partial charge in [-0.1, -0.05) is 0 Å². The Bertz CT molecular complexity index is 974. The molecular formula is C18H15F4N3O3. The molecule has 0 spiro atoms. The zero-order valence-corrected chi connectivity index (χ0v) is 14.6. The fourth-order valence-electron chi connectivity index (χ4n) is 2.34. The van der Waals surface area contributed by atoms with Gasteiger partial charge < -0.3 is 14.5 Å². The summed E-state index contributed by atoms with van der Waals surface area (Å²) < 4.78 is 65.2. The van der Waals surface area contributed by atoms with Gasteiger partial charge in [0.2, 0.25) is 11.6 Å². The van der Waals surface area contributed by atoms with Gasteiger partial charge in [-0.15, -0.1) is 0 Å². The molecule has 0 aliphatic heterocycles. The second-order valence-electron chi connectivity index (χ2n) is 5.74. The molecule has 0 radical (unpaired) electrons. The van der Waals surface area contributed by atoms with E-state index < -0.39 is 41.5 Å². The predicted molar refractivity (Wildman–Crippen MR) is 88.4 cm³/mol. The topological polar surface area (TPSA) is 69.3 Å². The molecule has 0 aliphatic rings. The van der Waals surface area contributed by atoms with Crippen LogP contribution in [0.5, 0.6) is 5.75 Å². The lowest BCUT2D eigenvalue weighted by atomic mass is 10.3. The summed E-state index contributed by atoms with van der Waals surface area (Å²) in [5, 5.41) is 6.71. The Balaban J connectivity index is 1.60. The molecule has 3 rings (SSSR count). The average molecular weight is 397 g/mol. The Morgan fingerprint density at radius 1 is 1.21 bits per heavy atom. The first-order valence-electron chi connectivity index (χ1n) is 8.23. The molecule has 2 aromatic heterocycles. The lowest BCUT2D eigenvalue weighted by molar-refractivity contribution is 0.0918. The molecule has 10 heteroatoms. The molecule has 6 nitrogen and oxygen atoms in total. The van der Waals surface area contributed by atoms with Crippen LogP contribution in [0.25, 0.3) is 0 Å². The van der Waals surface area contributed by atoms with Gasteiger partial charge in [-0.25, -0.2) is 8.78 Å². The summed E-state index contributed by atoms with van der Waals surface area (Å²) in [6.45, 7) is 2.32. The lowest BCUT2D eigenvalue weighted by Crippen LogP contribution is -2.22. The van der Waals surface area contributed by atoms with E-state index in [-0.39, 0.29) is 24.1 Å². The number of ether oxygens (including phenoxy) is 1. The molecular weight excluding hydrogens is 382 g/mol. The van der Waals surface area contributed by atoms with Crippen LogP contribution in [-0.4, -0.2) is 15.7 Å². The summed E-state index contributed by atoms with van der Waals surface area (Å²) in [6, 6.07) is 2.76. The number of hydrogen-bond donors (Lipinski definition) is 1. The van der Waals surface area contributed by atoms with E-state index in [0.29, 0.717) is 6.54 Å². The van der Waals surface area contributed by atoms with Crippen LogP contribution in [0.2, 0.25) is 0 Å². The third kappa shape index (κ3) is 4.16. The van der Waals surface area contributed by atoms with Gasteiger partial charge >= 0.3 is 0 Å². The zero-order chi connectivity index (χ0) is 20.3. The number of nitrogens with zero attached hydrogens (tertiary/aromatic N) is 2. The molecule has 0 atom stereocenters. The number of hydrogen-bond acceptors (Lipinski definition) is 4. The van der Waals surface area contributed by atoms with E-state index in [1.807, 2.05) is 6.92 Å². The SMILES string of the molecule is CCn1cc(CNC(=O)c2ccc(COc3c(F)c(F)cc(F)c3F)o2)cn1. The van der Waals surface area contributed by atoms with E-state index >= 15 is 0 Å². The number of amides is 1. The van der Waals surface area contributed by atoms with Gasteiger partial charge in [0, 0.05) is 30.9 Å². The van der Waals surface area contributed by atoms with Crippen LogP contribution in [0.4, 0.5) is 17.6 Å². The van der Waals surface area contributed by atoms with E-state index in [1.165, 1.54) is 12.1 Å². The van der Waals surface area contributed by atoms with Gasteiger partial charge in [-0.2, -0.15) is 13.9 Å². The van der Waals surface area contributed by atoms with Crippen LogP contribution >= 0.6 is 0 Å². The zero-order valence-electron chi connectivity index (χ0n) is 14.6. The highest BCUT2D eigenvalue weighted by molar-refractivity contribution is 5.91.